The molecule has 0 aromatic rings. The third kappa shape index (κ3) is 2.41. The van der Waals surface area contributed by atoms with E-state index in [1.165, 1.54) is 0 Å². The van der Waals surface area contributed by atoms with Crippen LogP contribution in [0.5, 0.6) is 0 Å². The number of hydrogen-bond donors (Lipinski definition) is 2. The lowest BCUT2D eigenvalue weighted by Gasteiger charge is -2.38. The summed E-state index contributed by atoms with van der Waals surface area (Å²) in [4.78, 5) is 12.2. The fraction of sp³-hybridized carbons (Fsp3) is 0.538. The summed E-state index contributed by atoms with van der Waals surface area (Å²) in [6, 6.07) is -0.0626. The molecule has 0 bridgehead atoms. The van der Waals surface area contributed by atoms with Crippen LogP contribution in [0.1, 0.15) is 33.6 Å². The van der Waals surface area contributed by atoms with Gasteiger partial charge in [-0.1, -0.05) is 26.0 Å². The highest BCUT2D eigenvalue weighted by Gasteiger charge is 2.38. The van der Waals surface area contributed by atoms with Crippen molar-refractivity contribution in [1.82, 2.24) is 10.6 Å². The van der Waals surface area contributed by atoms with Crippen LogP contribution in [0.3, 0.4) is 0 Å². The number of allylic oxidation sites excluding steroid dienone is 2. The zero-order chi connectivity index (χ0) is 12.6. The average molecular weight is 250 g/mol. The normalized spacial score (nSPS) is 27.8. The number of Topliss-reactive ketones (excluding diaryl/α,β-unsaturated/α-hetero) is 1. The van der Waals surface area contributed by atoms with Crippen molar-refractivity contribution in [1.29, 1.82) is 0 Å². The van der Waals surface area contributed by atoms with Gasteiger partial charge in [0.25, 0.3) is 0 Å². The molecule has 0 aromatic carbocycles. The molecular formula is C13H18N2OS. The standard InChI is InChI=1S/C13H18N2OS/c1-4-5-8-11-9(15-12(17)14-8)6-13(2,3)7-10(11)16/h4-5,8H,6-7H2,1-3H3,(H2,14,15,17). The summed E-state index contributed by atoms with van der Waals surface area (Å²) < 4.78 is 0. The molecule has 1 unspecified atom stereocenters. The van der Waals surface area contributed by atoms with Gasteiger partial charge in [0.15, 0.2) is 10.9 Å². The van der Waals surface area contributed by atoms with E-state index in [4.69, 9.17) is 12.2 Å². The molecule has 0 amide bonds. The summed E-state index contributed by atoms with van der Waals surface area (Å²) >= 11 is 5.18. The molecule has 0 radical (unpaired) electrons. The van der Waals surface area contributed by atoms with Crippen LogP contribution in [0, 0.1) is 5.41 Å². The van der Waals surface area contributed by atoms with Crippen LogP contribution in [0.15, 0.2) is 23.4 Å². The molecule has 0 spiro atoms. The molecule has 2 rings (SSSR count). The Labute approximate surface area is 107 Å². The van der Waals surface area contributed by atoms with E-state index >= 15 is 0 Å². The van der Waals surface area contributed by atoms with Gasteiger partial charge in [-0.15, -0.1) is 0 Å². The molecule has 3 nitrogen and oxygen atoms in total. The Morgan fingerprint density at radius 3 is 2.76 bits per heavy atom. The zero-order valence-electron chi connectivity index (χ0n) is 10.5. The summed E-state index contributed by atoms with van der Waals surface area (Å²) in [7, 11) is 0. The van der Waals surface area contributed by atoms with Crippen molar-refractivity contribution in [3.63, 3.8) is 0 Å². The SMILES string of the molecule is CC=CC1NC(=S)NC2=C1C(=O)CC(C)(C)C2. The fourth-order valence-corrected chi connectivity index (χ4v) is 2.78. The van der Waals surface area contributed by atoms with E-state index in [0.29, 0.717) is 11.5 Å². The highest BCUT2D eigenvalue weighted by atomic mass is 32.1. The second-order valence-corrected chi connectivity index (χ2v) is 5.84. The zero-order valence-corrected chi connectivity index (χ0v) is 11.3. The second kappa shape index (κ2) is 4.26. The molecule has 1 heterocycles. The monoisotopic (exact) mass is 250 g/mol. The summed E-state index contributed by atoms with van der Waals surface area (Å²) in [6.07, 6.45) is 5.42. The molecule has 4 heteroatoms. The van der Waals surface area contributed by atoms with Crippen molar-refractivity contribution in [2.75, 3.05) is 0 Å². The molecule has 2 aliphatic rings. The van der Waals surface area contributed by atoms with E-state index in [1.807, 2.05) is 19.1 Å². The molecular weight excluding hydrogens is 232 g/mol. The minimum absolute atomic E-state index is 0.0242. The summed E-state index contributed by atoms with van der Waals surface area (Å²) in [5.41, 5.74) is 1.88. The van der Waals surface area contributed by atoms with Gasteiger partial charge in [0.2, 0.25) is 0 Å². The maximum Gasteiger partial charge on any atom is 0.171 e. The van der Waals surface area contributed by atoms with E-state index in [9.17, 15) is 4.79 Å². The minimum atomic E-state index is -0.0626. The average Bonchev–Trinajstić information content (AvgIpc) is 2.13. The predicted molar refractivity (Wildman–Crippen MR) is 72.5 cm³/mol. The Morgan fingerprint density at radius 1 is 1.41 bits per heavy atom. The first kappa shape index (κ1) is 12.3. The maximum absolute atomic E-state index is 12.2. The number of nitrogens with one attached hydrogen (secondary N) is 2. The van der Waals surface area contributed by atoms with Crippen LogP contribution in [-0.2, 0) is 4.79 Å². The number of hydrogen-bond acceptors (Lipinski definition) is 2. The number of ketones is 1. The molecule has 92 valence electrons. The number of carbonyl (C=O) groups excluding carboxylic acids is 1. The van der Waals surface area contributed by atoms with E-state index in [-0.39, 0.29) is 17.2 Å². The lowest BCUT2D eigenvalue weighted by atomic mass is 9.74. The van der Waals surface area contributed by atoms with Crippen LogP contribution in [0.4, 0.5) is 0 Å². The first-order chi connectivity index (χ1) is 7.93. The van der Waals surface area contributed by atoms with Crippen molar-refractivity contribution in [2.45, 2.75) is 39.7 Å². The van der Waals surface area contributed by atoms with E-state index in [2.05, 4.69) is 24.5 Å². The number of carbonyl (C=O) groups is 1. The Morgan fingerprint density at radius 2 is 2.12 bits per heavy atom. The van der Waals surface area contributed by atoms with Crippen molar-refractivity contribution in [3.05, 3.63) is 23.4 Å². The van der Waals surface area contributed by atoms with Crippen molar-refractivity contribution in [3.8, 4) is 0 Å². The predicted octanol–water partition coefficient (Wildman–Crippen LogP) is 2.05. The fourth-order valence-electron chi connectivity index (χ4n) is 2.53. The van der Waals surface area contributed by atoms with Crippen LogP contribution in [-0.4, -0.2) is 16.9 Å². The third-order valence-electron chi connectivity index (χ3n) is 3.17. The van der Waals surface area contributed by atoms with E-state index in [0.717, 1.165) is 17.7 Å². The lowest BCUT2D eigenvalue weighted by molar-refractivity contribution is -0.118. The summed E-state index contributed by atoms with van der Waals surface area (Å²) in [6.45, 7) is 6.18. The van der Waals surface area contributed by atoms with Gasteiger partial charge in [-0.3, -0.25) is 4.79 Å². The Kier molecular flexibility index (Phi) is 3.08. The number of thiocarbonyl (C=S) groups is 1. The van der Waals surface area contributed by atoms with Crippen molar-refractivity contribution < 1.29 is 4.79 Å². The van der Waals surface area contributed by atoms with Crippen LogP contribution in [0.25, 0.3) is 0 Å². The first-order valence-corrected chi connectivity index (χ1v) is 6.30. The highest BCUT2D eigenvalue weighted by molar-refractivity contribution is 7.80. The Hall–Kier alpha value is -1.16. The maximum atomic E-state index is 12.2. The van der Waals surface area contributed by atoms with E-state index < -0.39 is 0 Å². The summed E-state index contributed by atoms with van der Waals surface area (Å²) in [5, 5.41) is 6.88. The topological polar surface area (TPSA) is 41.1 Å². The molecule has 1 aliphatic carbocycles. The van der Waals surface area contributed by atoms with Gasteiger partial charge >= 0.3 is 0 Å². The summed E-state index contributed by atoms with van der Waals surface area (Å²) in [5.74, 6) is 0.224. The van der Waals surface area contributed by atoms with Gasteiger partial charge in [0.05, 0.1) is 6.04 Å². The van der Waals surface area contributed by atoms with Gasteiger partial charge in [-0.25, -0.2) is 0 Å². The molecule has 0 saturated heterocycles. The van der Waals surface area contributed by atoms with Gasteiger partial charge in [-0.05, 0) is 31.0 Å². The molecule has 0 aromatic heterocycles. The number of rotatable bonds is 1. The Balaban J connectivity index is 2.42. The Bertz CT molecular complexity index is 435. The molecule has 0 saturated carbocycles. The molecule has 2 N–H and O–H groups in total. The largest absolute Gasteiger partial charge is 0.352 e. The minimum Gasteiger partial charge on any atom is -0.352 e. The highest BCUT2D eigenvalue weighted by Crippen LogP contribution is 2.37. The van der Waals surface area contributed by atoms with Gasteiger partial charge in [0, 0.05) is 17.7 Å². The van der Waals surface area contributed by atoms with Crippen LogP contribution < -0.4 is 10.6 Å². The first-order valence-electron chi connectivity index (χ1n) is 5.89. The molecule has 0 fully saturated rings. The lowest BCUT2D eigenvalue weighted by Crippen LogP contribution is -2.51. The quantitative estimate of drug-likeness (QED) is 0.552. The molecule has 17 heavy (non-hydrogen) atoms. The van der Waals surface area contributed by atoms with Gasteiger partial charge in [0.1, 0.15) is 0 Å². The van der Waals surface area contributed by atoms with Crippen LogP contribution >= 0.6 is 12.2 Å². The molecule has 1 aliphatic heterocycles. The third-order valence-corrected chi connectivity index (χ3v) is 3.39. The van der Waals surface area contributed by atoms with Crippen molar-refractivity contribution >= 4 is 23.1 Å². The van der Waals surface area contributed by atoms with Crippen LogP contribution in [0.2, 0.25) is 0 Å². The van der Waals surface area contributed by atoms with Crippen molar-refractivity contribution in [2.24, 2.45) is 5.41 Å². The van der Waals surface area contributed by atoms with Gasteiger partial charge in [-0.2, -0.15) is 0 Å². The second-order valence-electron chi connectivity index (χ2n) is 5.44. The smallest absolute Gasteiger partial charge is 0.171 e. The van der Waals surface area contributed by atoms with Gasteiger partial charge < -0.3 is 10.6 Å². The molecule has 1 atom stereocenters. The van der Waals surface area contributed by atoms with E-state index in [1.54, 1.807) is 0 Å².